The number of carbonyl (C=O) groups is 1. The van der Waals surface area contributed by atoms with Crippen LogP contribution in [0, 0.1) is 0 Å². The first kappa shape index (κ1) is 20.2. The number of carbonyl (C=O) groups excluding carboxylic acids is 1. The van der Waals surface area contributed by atoms with Gasteiger partial charge in [0.1, 0.15) is 6.10 Å². The van der Waals surface area contributed by atoms with Gasteiger partial charge in [0.15, 0.2) is 0 Å². The van der Waals surface area contributed by atoms with Gasteiger partial charge >= 0.3 is 5.97 Å². The zero-order valence-corrected chi connectivity index (χ0v) is 15.9. The molecule has 0 spiro atoms. The molecule has 140 valence electrons. The van der Waals surface area contributed by atoms with Crippen LogP contribution in [0.3, 0.4) is 0 Å². The Kier molecular flexibility index (Phi) is 8.91. The maximum atomic E-state index is 12.2. The van der Waals surface area contributed by atoms with E-state index in [0.717, 1.165) is 30.4 Å². The summed E-state index contributed by atoms with van der Waals surface area (Å²) in [6.07, 6.45) is 4.17. The van der Waals surface area contributed by atoms with Crippen LogP contribution in [-0.2, 0) is 20.9 Å². The standard InChI is InChI=1S/C23H30O3/c1-3-4-15-22(25-18-20-11-7-5-8-12-20)16-17-23(24)26-19(2)21-13-9-6-10-14-21/h5-14,19,22H,3-4,15-18H2,1-2H3. The van der Waals surface area contributed by atoms with Crippen molar-refractivity contribution in [2.75, 3.05) is 0 Å². The molecule has 0 aliphatic carbocycles. The van der Waals surface area contributed by atoms with Gasteiger partial charge in [0.05, 0.1) is 12.7 Å². The van der Waals surface area contributed by atoms with Gasteiger partial charge in [-0.15, -0.1) is 0 Å². The maximum Gasteiger partial charge on any atom is 0.306 e. The molecule has 0 saturated carbocycles. The van der Waals surface area contributed by atoms with Crippen molar-refractivity contribution in [1.82, 2.24) is 0 Å². The molecule has 0 N–H and O–H groups in total. The summed E-state index contributed by atoms with van der Waals surface area (Å²) in [5.41, 5.74) is 2.18. The lowest BCUT2D eigenvalue weighted by molar-refractivity contribution is -0.149. The molecular formula is C23H30O3. The highest BCUT2D eigenvalue weighted by Crippen LogP contribution is 2.19. The summed E-state index contributed by atoms with van der Waals surface area (Å²) in [6.45, 7) is 4.67. The van der Waals surface area contributed by atoms with Crippen LogP contribution in [0.5, 0.6) is 0 Å². The summed E-state index contributed by atoms with van der Waals surface area (Å²) in [4.78, 5) is 12.2. The molecule has 0 saturated heterocycles. The second-order valence-electron chi connectivity index (χ2n) is 6.64. The molecule has 0 radical (unpaired) electrons. The van der Waals surface area contributed by atoms with Crippen molar-refractivity contribution in [2.45, 2.75) is 64.8 Å². The van der Waals surface area contributed by atoms with Crippen LogP contribution < -0.4 is 0 Å². The van der Waals surface area contributed by atoms with Gasteiger partial charge in [-0.3, -0.25) is 4.79 Å². The van der Waals surface area contributed by atoms with Crippen molar-refractivity contribution < 1.29 is 14.3 Å². The van der Waals surface area contributed by atoms with Gasteiger partial charge in [-0.1, -0.05) is 80.4 Å². The Labute approximate surface area is 157 Å². The normalized spacial score (nSPS) is 13.2. The smallest absolute Gasteiger partial charge is 0.306 e. The van der Waals surface area contributed by atoms with Crippen LogP contribution in [-0.4, -0.2) is 12.1 Å². The molecule has 0 aromatic heterocycles. The molecule has 0 bridgehead atoms. The maximum absolute atomic E-state index is 12.2. The van der Waals surface area contributed by atoms with Crippen molar-refractivity contribution in [2.24, 2.45) is 0 Å². The molecule has 3 heteroatoms. The van der Waals surface area contributed by atoms with Crippen molar-refractivity contribution in [3.63, 3.8) is 0 Å². The molecule has 3 nitrogen and oxygen atoms in total. The highest BCUT2D eigenvalue weighted by Gasteiger charge is 2.15. The Morgan fingerprint density at radius 3 is 2.27 bits per heavy atom. The van der Waals surface area contributed by atoms with E-state index in [1.807, 2.05) is 55.5 Å². The summed E-state index contributed by atoms with van der Waals surface area (Å²) in [7, 11) is 0. The third kappa shape index (κ3) is 7.40. The Balaban J connectivity index is 1.78. The van der Waals surface area contributed by atoms with E-state index in [0.29, 0.717) is 19.4 Å². The van der Waals surface area contributed by atoms with E-state index in [-0.39, 0.29) is 18.2 Å². The van der Waals surface area contributed by atoms with E-state index in [1.165, 1.54) is 0 Å². The summed E-state index contributed by atoms with van der Waals surface area (Å²) < 4.78 is 11.6. The molecular weight excluding hydrogens is 324 g/mol. The van der Waals surface area contributed by atoms with E-state index in [9.17, 15) is 4.79 Å². The third-order valence-electron chi connectivity index (χ3n) is 4.46. The summed E-state index contributed by atoms with van der Waals surface area (Å²) in [5, 5.41) is 0. The van der Waals surface area contributed by atoms with Gasteiger partial charge in [0.25, 0.3) is 0 Å². The molecule has 0 aliphatic heterocycles. The molecule has 0 heterocycles. The fraction of sp³-hybridized carbons (Fsp3) is 0.435. The van der Waals surface area contributed by atoms with Gasteiger partial charge < -0.3 is 9.47 Å². The van der Waals surface area contributed by atoms with Crippen LogP contribution in [0.2, 0.25) is 0 Å². The molecule has 2 unspecified atom stereocenters. The second-order valence-corrected chi connectivity index (χ2v) is 6.64. The largest absolute Gasteiger partial charge is 0.458 e. The Morgan fingerprint density at radius 2 is 1.62 bits per heavy atom. The Hall–Kier alpha value is -2.13. The average molecular weight is 354 g/mol. The van der Waals surface area contributed by atoms with Crippen molar-refractivity contribution in [3.8, 4) is 0 Å². The molecule has 26 heavy (non-hydrogen) atoms. The topological polar surface area (TPSA) is 35.5 Å². The molecule has 0 aliphatic rings. The molecule has 0 amide bonds. The molecule has 2 aromatic carbocycles. The first-order valence-electron chi connectivity index (χ1n) is 9.59. The first-order valence-corrected chi connectivity index (χ1v) is 9.59. The average Bonchev–Trinajstić information content (AvgIpc) is 2.68. The van der Waals surface area contributed by atoms with Crippen molar-refractivity contribution in [1.29, 1.82) is 0 Å². The number of esters is 1. The number of ether oxygens (including phenoxy) is 2. The lowest BCUT2D eigenvalue weighted by atomic mass is 10.1. The third-order valence-corrected chi connectivity index (χ3v) is 4.46. The summed E-state index contributed by atoms with van der Waals surface area (Å²) in [6, 6.07) is 20.0. The highest BCUT2D eigenvalue weighted by atomic mass is 16.5. The Bertz CT molecular complexity index is 624. The lowest BCUT2D eigenvalue weighted by Crippen LogP contribution is -2.17. The number of hydrogen-bond donors (Lipinski definition) is 0. The van der Waals surface area contributed by atoms with Gasteiger partial charge in [-0.2, -0.15) is 0 Å². The van der Waals surface area contributed by atoms with Gasteiger partial charge in [0, 0.05) is 6.42 Å². The van der Waals surface area contributed by atoms with Crippen LogP contribution in [0.25, 0.3) is 0 Å². The summed E-state index contributed by atoms with van der Waals surface area (Å²) >= 11 is 0. The monoisotopic (exact) mass is 354 g/mol. The summed E-state index contributed by atoms with van der Waals surface area (Å²) in [5.74, 6) is -0.161. The molecule has 0 fully saturated rings. The van der Waals surface area contributed by atoms with Gasteiger partial charge in [-0.25, -0.2) is 0 Å². The van der Waals surface area contributed by atoms with E-state index in [4.69, 9.17) is 9.47 Å². The number of hydrogen-bond acceptors (Lipinski definition) is 3. The van der Waals surface area contributed by atoms with Crippen molar-refractivity contribution in [3.05, 3.63) is 71.8 Å². The van der Waals surface area contributed by atoms with E-state index in [1.54, 1.807) is 0 Å². The number of benzene rings is 2. The quantitative estimate of drug-likeness (QED) is 0.475. The van der Waals surface area contributed by atoms with Crippen LogP contribution in [0.1, 0.15) is 63.2 Å². The van der Waals surface area contributed by atoms with Crippen LogP contribution >= 0.6 is 0 Å². The zero-order chi connectivity index (χ0) is 18.6. The van der Waals surface area contributed by atoms with E-state index in [2.05, 4.69) is 19.1 Å². The minimum Gasteiger partial charge on any atom is -0.458 e. The molecule has 2 aromatic rings. The van der Waals surface area contributed by atoms with Crippen LogP contribution in [0.15, 0.2) is 60.7 Å². The highest BCUT2D eigenvalue weighted by molar-refractivity contribution is 5.69. The minimum absolute atomic E-state index is 0.0923. The SMILES string of the molecule is CCCCC(CCC(=O)OC(C)c1ccccc1)OCc1ccccc1. The second kappa shape index (κ2) is 11.5. The predicted octanol–water partition coefficient (Wildman–Crippen LogP) is 5.85. The molecule has 2 rings (SSSR count). The van der Waals surface area contributed by atoms with Crippen LogP contribution in [0.4, 0.5) is 0 Å². The fourth-order valence-electron chi connectivity index (χ4n) is 2.86. The Morgan fingerprint density at radius 1 is 0.962 bits per heavy atom. The van der Waals surface area contributed by atoms with Crippen molar-refractivity contribution >= 4 is 5.97 Å². The number of unbranched alkanes of at least 4 members (excludes halogenated alkanes) is 1. The molecule has 2 atom stereocenters. The fourth-order valence-corrected chi connectivity index (χ4v) is 2.86. The minimum atomic E-state index is -0.219. The van der Waals surface area contributed by atoms with Gasteiger partial charge in [0.2, 0.25) is 0 Å². The predicted molar refractivity (Wildman–Crippen MR) is 105 cm³/mol. The van der Waals surface area contributed by atoms with E-state index >= 15 is 0 Å². The number of rotatable bonds is 11. The van der Waals surface area contributed by atoms with Gasteiger partial charge in [-0.05, 0) is 30.9 Å². The van der Waals surface area contributed by atoms with E-state index < -0.39 is 0 Å². The first-order chi connectivity index (χ1) is 12.7. The lowest BCUT2D eigenvalue weighted by Gasteiger charge is -2.19. The zero-order valence-electron chi connectivity index (χ0n) is 15.9.